The molecule has 2 aromatic rings. The number of nitro benzene ring substituents is 1. The fourth-order valence-electron chi connectivity index (χ4n) is 1.91. The van der Waals surface area contributed by atoms with Crippen molar-refractivity contribution in [3.63, 3.8) is 0 Å². The van der Waals surface area contributed by atoms with E-state index in [2.05, 4.69) is 0 Å². The lowest BCUT2D eigenvalue weighted by Crippen LogP contribution is -2.00. The Morgan fingerprint density at radius 1 is 1.20 bits per heavy atom. The molecule has 0 aliphatic heterocycles. The highest BCUT2D eigenvalue weighted by Gasteiger charge is 2.14. The first-order valence-corrected chi connectivity index (χ1v) is 7.02. The molecule has 1 N–H and O–H groups in total. The summed E-state index contributed by atoms with van der Waals surface area (Å²) in [6.45, 7) is 1.96. The zero-order chi connectivity index (χ0) is 14.7. The van der Waals surface area contributed by atoms with Gasteiger partial charge in [-0.2, -0.15) is 0 Å². The number of nitro groups is 1. The molecular weight excluding hydrogens is 278 g/mol. The van der Waals surface area contributed by atoms with Crippen LogP contribution in [0.3, 0.4) is 0 Å². The molecule has 0 saturated carbocycles. The molecule has 0 aromatic heterocycles. The van der Waals surface area contributed by atoms with Gasteiger partial charge in [-0.3, -0.25) is 10.1 Å². The van der Waals surface area contributed by atoms with Crippen molar-refractivity contribution >= 4 is 16.8 Å². The maximum absolute atomic E-state index is 11.3. The molecule has 0 bridgehead atoms. The van der Waals surface area contributed by atoms with E-state index < -0.39 is 16.0 Å². The summed E-state index contributed by atoms with van der Waals surface area (Å²) in [7, 11) is 0. The fourth-order valence-corrected chi connectivity index (χ4v) is 2.45. The van der Waals surface area contributed by atoms with E-state index in [-0.39, 0.29) is 10.6 Å². The molecule has 0 heterocycles. The molecule has 104 valence electrons. The van der Waals surface area contributed by atoms with E-state index in [1.165, 1.54) is 18.2 Å². The van der Waals surface area contributed by atoms with Crippen LogP contribution < -0.4 is 0 Å². The Kier molecular flexibility index (Phi) is 4.26. The molecule has 20 heavy (non-hydrogen) atoms. The first-order chi connectivity index (χ1) is 9.47. The van der Waals surface area contributed by atoms with Gasteiger partial charge in [-0.1, -0.05) is 29.8 Å². The number of rotatable bonds is 4. The highest BCUT2D eigenvalue weighted by Crippen LogP contribution is 2.23. The van der Waals surface area contributed by atoms with Crippen LogP contribution >= 0.6 is 0 Å². The Morgan fingerprint density at radius 2 is 1.85 bits per heavy atom. The number of nitrogens with zero attached hydrogens (tertiary/aromatic N) is 1. The minimum Gasteiger partial charge on any atom is -0.302 e. The van der Waals surface area contributed by atoms with Gasteiger partial charge in [0, 0.05) is 12.1 Å². The van der Waals surface area contributed by atoms with Gasteiger partial charge >= 0.3 is 0 Å². The summed E-state index contributed by atoms with van der Waals surface area (Å²) in [5.74, 6) is 0. The van der Waals surface area contributed by atoms with Crippen molar-refractivity contribution < 1.29 is 13.7 Å². The Balaban J connectivity index is 2.41. The predicted molar refractivity (Wildman–Crippen MR) is 76.1 cm³/mol. The summed E-state index contributed by atoms with van der Waals surface area (Å²) in [4.78, 5) is 10.5. The van der Waals surface area contributed by atoms with Crippen LogP contribution in [-0.2, 0) is 17.5 Å². The maximum Gasteiger partial charge on any atom is 0.269 e. The molecule has 0 amide bonds. The summed E-state index contributed by atoms with van der Waals surface area (Å²) in [6.07, 6.45) is 0.379. The molecule has 2 aromatic carbocycles. The zero-order valence-corrected chi connectivity index (χ0v) is 11.6. The van der Waals surface area contributed by atoms with Crippen LogP contribution in [0.15, 0.2) is 47.4 Å². The fraction of sp³-hybridized carbons (Fsp3) is 0.143. The number of hydrogen-bond acceptors (Lipinski definition) is 3. The van der Waals surface area contributed by atoms with Crippen molar-refractivity contribution in [3.05, 3.63) is 69.3 Å². The van der Waals surface area contributed by atoms with Gasteiger partial charge in [-0.05, 0) is 30.5 Å². The van der Waals surface area contributed by atoms with E-state index in [1.807, 2.05) is 31.2 Å². The number of aryl methyl sites for hydroxylation is 1. The van der Waals surface area contributed by atoms with Crippen LogP contribution in [0.5, 0.6) is 0 Å². The topological polar surface area (TPSA) is 80.4 Å². The van der Waals surface area contributed by atoms with E-state index >= 15 is 0 Å². The highest BCUT2D eigenvalue weighted by molar-refractivity contribution is 7.79. The normalized spacial score (nSPS) is 12.1. The number of non-ortho nitro benzene ring substituents is 1. The third kappa shape index (κ3) is 3.28. The molecular formula is C14H13NO4S. The molecule has 1 atom stereocenters. The Labute approximate surface area is 118 Å². The average molecular weight is 291 g/mol. The second kappa shape index (κ2) is 5.94. The lowest BCUT2D eigenvalue weighted by molar-refractivity contribution is -0.385. The summed E-state index contributed by atoms with van der Waals surface area (Å²) in [6, 6.07) is 11.6. The third-order valence-corrected chi connectivity index (χ3v) is 3.73. The molecule has 0 radical (unpaired) electrons. The third-order valence-electron chi connectivity index (χ3n) is 2.96. The first kappa shape index (κ1) is 14.4. The molecule has 0 fully saturated rings. The van der Waals surface area contributed by atoms with Crippen LogP contribution in [-0.4, -0.2) is 13.7 Å². The van der Waals surface area contributed by atoms with E-state index in [0.29, 0.717) is 12.0 Å². The standard InChI is InChI=1S/C14H13NO4S/c1-10-2-4-11(5-3-10)8-12-9-13(15(16)17)6-7-14(12)20(18)19/h2-7,9H,8H2,1H3,(H,18,19). The second-order valence-electron chi connectivity index (χ2n) is 4.46. The second-order valence-corrected chi connectivity index (χ2v) is 5.40. The van der Waals surface area contributed by atoms with E-state index in [4.69, 9.17) is 0 Å². The van der Waals surface area contributed by atoms with E-state index in [9.17, 15) is 18.9 Å². The summed E-state index contributed by atoms with van der Waals surface area (Å²) in [5, 5.41) is 10.8. The summed E-state index contributed by atoms with van der Waals surface area (Å²) >= 11 is -2.16. The zero-order valence-electron chi connectivity index (χ0n) is 10.8. The van der Waals surface area contributed by atoms with Gasteiger partial charge in [0.1, 0.15) is 0 Å². The van der Waals surface area contributed by atoms with Crippen LogP contribution in [0.4, 0.5) is 5.69 Å². The summed E-state index contributed by atoms with van der Waals surface area (Å²) < 4.78 is 20.5. The van der Waals surface area contributed by atoms with Crippen molar-refractivity contribution in [3.8, 4) is 0 Å². The number of hydrogen-bond donors (Lipinski definition) is 1. The Morgan fingerprint density at radius 3 is 2.40 bits per heavy atom. The first-order valence-electron chi connectivity index (χ1n) is 5.91. The van der Waals surface area contributed by atoms with Crippen molar-refractivity contribution in [2.24, 2.45) is 0 Å². The van der Waals surface area contributed by atoms with Crippen molar-refractivity contribution in [2.75, 3.05) is 0 Å². The largest absolute Gasteiger partial charge is 0.302 e. The van der Waals surface area contributed by atoms with Gasteiger partial charge < -0.3 is 4.55 Å². The van der Waals surface area contributed by atoms with Gasteiger partial charge in [-0.15, -0.1) is 0 Å². The summed E-state index contributed by atoms with van der Waals surface area (Å²) in [5.41, 5.74) is 2.45. The highest BCUT2D eigenvalue weighted by atomic mass is 32.2. The molecule has 0 aliphatic rings. The van der Waals surface area contributed by atoms with Crippen LogP contribution in [0.25, 0.3) is 0 Å². The average Bonchev–Trinajstić information content (AvgIpc) is 2.41. The van der Waals surface area contributed by atoms with Crippen LogP contribution in [0.1, 0.15) is 16.7 Å². The van der Waals surface area contributed by atoms with E-state index in [1.54, 1.807) is 0 Å². The van der Waals surface area contributed by atoms with Gasteiger partial charge in [0.15, 0.2) is 11.1 Å². The maximum atomic E-state index is 11.3. The van der Waals surface area contributed by atoms with Crippen molar-refractivity contribution in [2.45, 2.75) is 18.2 Å². The molecule has 2 rings (SSSR count). The predicted octanol–water partition coefficient (Wildman–Crippen LogP) is 3.07. The van der Waals surface area contributed by atoms with Crippen molar-refractivity contribution in [1.29, 1.82) is 0 Å². The lowest BCUT2D eigenvalue weighted by Gasteiger charge is -2.07. The lowest BCUT2D eigenvalue weighted by atomic mass is 10.0. The molecule has 5 nitrogen and oxygen atoms in total. The molecule has 1 unspecified atom stereocenters. The molecule has 6 heteroatoms. The molecule has 0 spiro atoms. The van der Waals surface area contributed by atoms with Gasteiger partial charge in [-0.25, -0.2) is 4.21 Å². The minimum absolute atomic E-state index is 0.0821. The van der Waals surface area contributed by atoms with Crippen LogP contribution in [0, 0.1) is 17.0 Å². The monoisotopic (exact) mass is 291 g/mol. The van der Waals surface area contributed by atoms with Gasteiger partial charge in [0.2, 0.25) is 0 Å². The molecule has 0 saturated heterocycles. The van der Waals surface area contributed by atoms with Gasteiger partial charge in [0.25, 0.3) is 5.69 Å². The quantitative estimate of drug-likeness (QED) is 0.533. The molecule has 0 aliphatic carbocycles. The van der Waals surface area contributed by atoms with Crippen molar-refractivity contribution in [1.82, 2.24) is 0 Å². The smallest absolute Gasteiger partial charge is 0.269 e. The Hall–Kier alpha value is -2.05. The SMILES string of the molecule is Cc1ccc(Cc2cc([N+](=O)[O-])ccc2S(=O)O)cc1. The van der Waals surface area contributed by atoms with Crippen LogP contribution in [0.2, 0.25) is 0 Å². The minimum atomic E-state index is -2.16. The van der Waals surface area contributed by atoms with E-state index in [0.717, 1.165) is 11.1 Å². The number of benzene rings is 2. The van der Waals surface area contributed by atoms with Gasteiger partial charge in [0.05, 0.1) is 9.82 Å². The Bertz CT molecular complexity index is 667.